The molecule has 1 atom stereocenters. The van der Waals surface area contributed by atoms with E-state index in [4.69, 9.17) is 21.4 Å². The van der Waals surface area contributed by atoms with Gasteiger partial charge in [-0.25, -0.2) is 4.79 Å². The minimum atomic E-state index is -0.465. The van der Waals surface area contributed by atoms with E-state index in [9.17, 15) is 4.79 Å². The molecule has 134 valence electrons. The average Bonchev–Trinajstić information content (AvgIpc) is 2.98. The molecule has 1 unspecified atom stereocenters. The first-order valence-corrected chi connectivity index (χ1v) is 9.11. The summed E-state index contributed by atoms with van der Waals surface area (Å²) < 4.78 is 11.4. The Bertz CT molecular complexity index is 724. The Kier molecular flexibility index (Phi) is 5.08. The highest BCUT2D eigenvalue weighted by molar-refractivity contribution is 7.79. The summed E-state index contributed by atoms with van der Waals surface area (Å²) in [6.07, 6.45) is 5.05. The van der Waals surface area contributed by atoms with Crippen LogP contribution in [0.1, 0.15) is 45.3 Å². The van der Waals surface area contributed by atoms with Gasteiger partial charge in [-0.3, -0.25) is 4.98 Å². The molecule has 0 N–H and O–H groups in total. The van der Waals surface area contributed by atoms with Gasteiger partial charge in [-0.1, -0.05) is 12.2 Å². The Balaban J connectivity index is 1.66. The van der Waals surface area contributed by atoms with Crippen LogP contribution in [0.15, 0.2) is 28.9 Å². The van der Waals surface area contributed by atoms with Crippen LogP contribution in [0.2, 0.25) is 0 Å². The fourth-order valence-corrected chi connectivity index (χ4v) is 3.60. The van der Waals surface area contributed by atoms with Gasteiger partial charge in [0.15, 0.2) is 0 Å². The number of thiocarbonyl (C=S) groups is 1. The number of amides is 1. The second-order valence-electron chi connectivity index (χ2n) is 7.53. The maximum Gasteiger partial charge on any atom is 0.410 e. The van der Waals surface area contributed by atoms with Crippen LogP contribution in [0, 0.1) is 5.92 Å². The van der Waals surface area contributed by atoms with Gasteiger partial charge in [-0.2, -0.15) is 0 Å². The predicted octanol–water partition coefficient (Wildman–Crippen LogP) is 4.56. The highest BCUT2D eigenvalue weighted by atomic mass is 32.1. The minimum Gasteiger partial charge on any atom is -0.460 e. The highest BCUT2D eigenvalue weighted by Crippen LogP contribution is 2.34. The van der Waals surface area contributed by atoms with E-state index in [0.29, 0.717) is 19.0 Å². The number of hydrogen-bond donors (Lipinski definition) is 0. The third kappa shape index (κ3) is 4.18. The number of rotatable bonds is 3. The Labute approximate surface area is 153 Å². The van der Waals surface area contributed by atoms with Crippen LogP contribution >= 0.6 is 12.2 Å². The van der Waals surface area contributed by atoms with Gasteiger partial charge < -0.3 is 14.1 Å². The molecule has 25 heavy (non-hydrogen) atoms. The summed E-state index contributed by atoms with van der Waals surface area (Å²) in [5.74, 6) is 1.32. The van der Waals surface area contributed by atoms with E-state index in [2.05, 4.69) is 4.98 Å². The molecule has 0 aliphatic carbocycles. The van der Waals surface area contributed by atoms with Crippen molar-refractivity contribution in [2.45, 2.75) is 45.1 Å². The molecule has 0 radical (unpaired) electrons. The number of piperidine rings is 1. The average molecular weight is 360 g/mol. The Morgan fingerprint density at radius 1 is 1.44 bits per heavy atom. The highest BCUT2D eigenvalue weighted by Gasteiger charge is 2.31. The lowest BCUT2D eigenvalue weighted by atomic mass is 9.84. The monoisotopic (exact) mass is 360 g/mol. The largest absolute Gasteiger partial charge is 0.460 e. The maximum absolute atomic E-state index is 12.2. The molecule has 0 saturated carbocycles. The van der Waals surface area contributed by atoms with Gasteiger partial charge in [0.2, 0.25) is 0 Å². The summed E-state index contributed by atoms with van der Waals surface area (Å²) in [5.41, 5.74) is 0.366. The third-order valence-corrected chi connectivity index (χ3v) is 4.80. The molecule has 0 bridgehead atoms. The number of likely N-dealkylation sites (tertiary alicyclic amines) is 1. The van der Waals surface area contributed by atoms with E-state index < -0.39 is 5.60 Å². The first-order chi connectivity index (χ1) is 11.9. The van der Waals surface area contributed by atoms with E-state index >= 15 is 0 Å². The van der Waals surface area contributed by atoms with Gasteiger partial charge in [0.25, 0.3) is 0 Å². The first-order valence-electron chi connectivity index (χ1n) is 8.64. The van der Waals surface area contributed by atoms with Crippen molar-refractivity contribution in [3.63, 3.8) is 0 Å². The zero-order chi connectivity index (χ0) is 18.0. The fraction of sp³-hybridized carbons (Fsp3) is 0.526. The lowest BCUT2D eigenvalue weighted by molar-refractivity contribution is 0.0180. The maximum atomic E-state index is 12.2. The molecule has 2 aromatic heterocycles. The summed E-state index contributed by atoms with van der Waals surface area (Å²) in [6, 6.07) is 3.89. The standard InChI is InChI=1S/C19H24N2O3S/c1-19(2,3)24-18(22)21-8-5-13(6-9-21)15(12-25)17-10-14-11-20-7-4-16(14)23-17/h4,7,10-13,15H,5-6,8-9H2,1-3H3. The molecule has 1 saturated heterocycles. The molecular formula is C19H24N2O3S. The lowest BCUT2D eigenvalue weighted by Gasteiger charge is -2.35. The zero-order valence-electron chi connectivity index (χ0n) is 14.9. The van der Waals surface area contributed by atoms with Crippen molar-refractivity contribution in [3.05, 3.63) is 30.3 Å². The molecule has 2 aromatic rings. The molecule has 0 aromatic carbocycles. The number of carbonyl (C=O) groups excluding carboxylic acids is 1. The molecule has 1 aliphatic rings. The van der Waals surface area contributed by atoms with Crippen LogP contribution in [-0.2, 0) is 4.74 Å². The first kappa shape index (κ1) is 17.9. The number of nitrogens with zero attached hydrogens (tertiary/aromatic N) is 2. The number of carbonyl (C=O) groups is 1. The lowest BCUT2D eigenvalue weighted by Crippen LogP contribution is -2.42. The van der Waals surface area contributed by atoms with Gasteiger partial charge in [-0.05, 0) is 57.0 Å². The second-order valence-corrected chi connectivity index (χ2v) is 7.80. The molecule has 1 fully saturated rings. The molecule has 0 spiro atoms. The summed E-state index contributed by atoms with van der Waals surface area (Å²) in [7, 11) is 0. The van der Waals surface area contributed by atoms with Crippen molar-refractivity contribution in [1.29, 1.82) is 0 Å². The number of ether oxygens (including phenoxy) is 1. The zero-order valence-corrected chi connectivity index (χ0v) is 15.7. The van der Waals surface area contributed by atoms with Gasteiger partial charge in [-0.15, -0.1) is 0 Å². The van der Waals surface area contributed by atoms with E-state index in [1.807, 2.05) is 32.9 Å². The Morgan fingerprint density at radius 3 is 2.76 bits per heavy atom. The predicted molar refractivity (Wildman–Crippen MR) is 101 cm³/mol. The quantitative estimate of drug-likeness (QED) is 0.751. The van der Waals surface area contributed by atoms with E-state index in [1.165, 1.54) is 0 Å². The van der Waals surface area contributed by atoms with Crippen LogP contribution in [-0.4, -0.2) is 40.0 Å². The fourth-order valence-electron chi connectivity index (χ4n) is 3.25. The molecule has 5 nitrogen and oxygen atoms in total. The molecule has 3 heterocycles. The second kappa shape index (κ2) is 7.12. The van der Waals surface area contributed by atoms with Gasteiger partial charge in [0.05, 0.1) is 0 Å². The van der Waals surface area contributed by atoms with Crippen molar-refractivity contribution in [3.8, 4) is 0 Å². The van der Waals surface area contributed by atoms with Gasteiger partial charge in [0, 0.05) is 36.8 Å². The van der Waals surface area contributed by atoms with E-state index in [0.717, 1.165) is 29.6 Å². The van der Waals surface area contributed by atoms with Crippen LogP contribution in [0.5, 0.6) is 0 Å². The third-order valence-electron chi connectivity index (χ3n) is 4.51. The topological polar surface area (TPSA) is 55.6 Å². The minimum absolute atomic E-state index is 0.0724. The molecule has 1 aliphatic heterocycles. The van der Waals surface area contributed by atoms with Crippen molar-refractivity contribution in [2.24, 2.45) is 5.92 Å². The molecule has 3 rings (SSSR count). The van der Waals surface area contributed by atoms with Crippen molar-refractivity contribution >= 4 is 34.6 Å². The number of hydrogen-bond acceptors (Lipinski definition) is 5. The molecule has 6 heteroatoms. The normalized spacial score (nSPS) is 17.5. The Hall–Kier alpha value is -1.95. The van der Waals surface area contributed by atoms with E-state index in [1.54, 1.807) is 22.7 Å². The SMILES string of the molecule is CC(C)(C)OC(=O)N1CCC(C(C=S)c2cc3cnccc3o2)CC1. The number of aromatic nitrogens is 1. The Morgan fingerprint density at radius 2 is 2.16 bits per heavy atom. The van der Waals surface area contributed by atoms with Crippen molar-refractivity contribution < 1.29 is 13.9 Å². The van der Waals surface area contributed by atoms with Gasteiger partial charge >= 0.3 is 6.09 Å². The molecule has 1 amide bonds. The smallest absolute Gasteiger partial charge is 0.410 e. The van der Waals surface area contributed by atoms with Crippen LogP contribution in [0.25, 0.3) is 11.0 Å². The summed E-state index contributed by atoms with van der Waals surface area (Å²) >= 11 is 5.29. The van der Waals surface area contributed by atoms with Crippen molar-refractivity contribution in [2.75, 3.05) is 13.1 Å². The van der Waals surface area contributed by atoms with E-state index in [-0.39, 0.29) is 12.0 Å². The van der Waals surface area contributed by atoms with Crippen LogP contribution in [0.3, 0.4) is 0 Å². The number of furan rings is 1. The summed E-state index contributed by atoms with van der Waals surface area (Å²) in [5, 5.41) is 2.78. The van der Waals surface area contributed by atoms with Gasteiger partial charge in [0.1, 0.15) is 16.9 Å². The van der Waals surface area contributed by atoms with Crippen molar-refractivity contribution in [1.82, 2.24) is 9.88 Å². The summed E-state index contributed by atoms with van der Waals surface area (Å²) in [4.78, 5) is 18.1. The number of pyridine rings is 1. The molecular weight excluding hydrogens is 336 g/mol. The van der Waals surface area contributed by atoms with Crippen LogP contribution in [0.4, 0.5) is 4.79 Å². The number of fused-ring (bicyclic) bond motifs is 1. The summed E-state index contributed by atoms with van der Waals surface area (Å²) in [6.45, 7) is 7.02. The van der Waals surface area contributed by atoms with Crippen LogP contribution < -0.4 is 0 Å².